The van der Waals surface area contributed by atoms with Gasteiger partial charge in [0.15, 0.2) is 11.3 Å². The van der Waals surface area contributed by atoms with Crippen LogP contribution in [0.1, 0.15) is 55.5 Å². The second-order valence-electron chi connectivity index (χ2n) is 11.3. The first-order chi connectivity index (χ1) is 20.4. The Bertz CT molecular complexity index is 2010. The molecule has 0 radical (unpaired) electrons. The quantitative estimate of drug-likeness (QED) is 0.243. The van der Waals surface area contributed by atoms with E-state index in [0.29, 0.717) is 23.4 Å². The molecule has 0 saturated heterocycles. The van der Waals surface area contributed by atoms with Crippen molar-refractivity contribution in [3.05, 3.63) is 80.1 Å². The number of halogens is 3. The highest BCUT2D eigenvalue weighted by molar-refractivity contribution is 7.90. The van der Waals surface area contributed by atoms with Crippen LogP contribution >= 0.6 is 0 Å². The van der Waals surface area contributed by atoms with Gasteiger partial charge in [0, 0.05) is 24.2 Å². The summed E-state index contributed by atoms with van der Waals surface area (Å²) < 4.78 is 67.7. The number of aromatic nitrogens is 5. The second-order valence-corrected chi connectivity index (χ2v) is 13.1. The highest BCUT2D eigenvalue weighted by atomic mass is 32.2. The molecule has 3 atom stereocenters. The van der Waals surface area contributed by atoms with E-state index in [4.69, 9.17) is 0 Å². The largest absolute Gasteiger partial charge is 0.390 e. The molecule has 3 heterocycles. The topological polar surface area (TPSA) is 128 Å². The summed E-state index contributed by atoms with van der Waals surface area (Å²) in [4.78, 5) is 29.0. The molecule has 14 heteroatoms. The molecule has 0 aliphatic heterocycles. The molecule has 0 amide bonds. The Morgan fingerprint density at radius 1 is 1.05 bits per heavy atom. The molecule has 5 aromatic rings. The third-order valence-corrected chi connectivity index (χ3v) is 10.2. The Hall–Kier alpha value is -4.07. The predicted molar refractivity (Wildman–Crippen MR) is 154 cm³/mol. The molecule has 0 spiro atoms. The number of alkyl halides is 3. The molecule has 1 aliphatic rings. The zero-order valence-corrected chi connectivity index (χ0v) is 24.2. The normalized spacial score (nSPS) is 19.6. The Kier molecular flexibility index (Phi) is 7.14. The number of fused-ring (bicyclic) bond motifs is 3. The van der Waals surface area contributed by atoms with Crippen LogP contribution in [-0.2, 0) is 16.4 Å². The van der Waals surface area contributed by atoms with E-state index < -0.39 is 40.0 Å². The molecule has 43 heavy (non-hydrogen) atoms. The standard InChI is InChI=1S/C29H29F3N6O4S/c1-3-18-12-17(14-21-24(26(40)25(21)39)33-10-9-29(30,31)32)13-20(18)27-36-35-23-15-34-28-22(38(23)27)8-11-37(28)43(41,42)19-6-4-16(2)5-7-19/h4-8,11,15,17-18,20,33H,3,9-10,12-14H2,1-2H3/t17-,18+,20?/m0/s1. The maximum Gasteiger partial charge on any atom is 0.390 e. The van der Waals surface area contributed by atoms with Gasteiger partial charge >= 0.3 is 6.18 Å². The van der Waals surface area contributed by atoms with E-state index in [2.05, 4.69) is 20.5 Å². The Balaban J connectivity index is 1.30. The predicted octanol–water partition coefficient (Wildman–Crippen LogP) is 4.35. The monoisotopic (exact) mass is 614 g/mol. The summed E-state index contributed by atoms with van der Waals surface area (Å²) in [5.41, 5.74) is 0.977. The maximum absolute atomic E-state index is 13.5. The summed E-state index contributed by atoms with van der Waals surface area (Å²) in [6.45, 7) is 3.45. The number of aryl methyl sites for hydroxylation is 1. The van der Waals surface area contributed by atoms with Crippen molar-refractivity contribution < 1.29 is 21.6 Å². The van der Waals surface area contributed by atoms with Gasteiger partial charge in [-0.1, -0.05) is 31.0 Å². The summed E-state index contributed by atoms with van der Waals surface area (Å²) in [5, 5.41) is 11.3. The summed E-state index contributed by atoms with van der Waals surface area (Å²) in [7, 11) is -3.92. The highest BCUT2D eigenvalue weighted by Crippen LogP contribution is 2.46. The lowest BCUT2D eigenvalue weighted by molar-refractivity contribution is -0.131. The molecule has 1 aliphatic carbocycles. The van der Waals surface area contributed by atoms with Gasteiger partial charge in [0.05, 0.1) is 28.7 Å². The van der Waals surface area contributed by atoms with E-state index in [0.717, 1.165) is 22.4 Å². The van der Waals surface area contributed by atoms with Crippen molar-refractivity contribution in [2.24, 2.45) is 11.8 Å². The molecule has 1 saturated carbocycles. The lowest BCUT2D eigenvalue weighted by atomic mass is 9.92. The van der Waals surface area contributed by atoms with Crippen molar-refractivity contribution >= 4 is 32.5 Å². The minimum absolute atomic E-state index is 0.00222. The van der Waals surface area contributed by atoms with Crippen LogP contribution in [-0.4, -0.2) is 44.7 Å². The molecule has 1 unspecified atom stereocenters. The number of nitrogens with one attached hydrogen (secondary N) is 1. The van der Waals surface area contributed by atoms with Gasteiger partial charge in [-0.05, 0) is 56.2 Å². The molecule has 10 nitrogen and oxygen atoms in total. The molecule has 226 valence electrons. The highest BCUT2D eigenvalue weighted by Gasteiger charge is 2.39. The smallest absolute Gasteiger partial charge is 0.381 e. The van der Waals surface area contributed by atoms with Crippen LogP contribution < -0.4 is 16.2 Å². The number of anilines is 1. The van der Waals surface area contributed by atoms with Crippen LogP contribution in [0.25, 0.3) is 16.8 Å². The molecule has 0 bridgehead atoms. The fourth-order valence-corrected chi connectivity index (χ4v) is 7.62. The summed E-state index contributed by atoms with van der Waals surface area (Å²) in [5.74, 6) is 0.723. The second kappa shape index (κ2) is 10.6. The van der Waals surface area contributed by atoms with Crippen LogP contribution in [0.3, 0.4) is 0 Å². The van der Waals surface area contributed by atoms with Gasteiger partial charge in [0.25, 0.3) is 10.0 Å². The maximum atomic E-state index is 13.5. The third kappa shape index (κ3) is 5.11. The summed E-state index contributed by atoms with van der Waals surface area (Å²) in [6.07, 6.45) is -0.0996. The Labute approximate surface area is 244 Å². The van der Waals surface area contributed by atoms with Gasteiger partial charge in [0.2, 0.25) is 10.9 Å². The zero-order chi connectivity index (χ0) is 30.7. The number of nitrogens with zero attached hydrogens (tertiary/aromatic N) is 5. The van der Waals surface area contributed by atoms with Crippen molar-refractivity contribution in [2.45, 2.75) is 62.9 Å². The van der Waals surface area contributed by atoms with Crippen LogP contribution in [0.15, 0.2) is 57.2 Å². The van der Waals surface area contributed by atoms with Crippen molar-refractivity contribution in [1.82, 2.24) is 23.6 Å². The zero-order valence-electron chi connectivity index (χ0n) is 23.4. The van der Waals surface area contributed by atoms with Crippen molar-refractivity contribution in [3.63, 3.8) is 0 Å². The van der Waals surface area contributed by atoms with Gasteiger partial charge in [-0.25, -0.2) is 17.4 Å². The first kappa shape index (κ1) is 29.0. The van der Waals surface area contributed by atoms with E-state index >= 15 is 0 Å². The molecular formula is C29H29F3N6O4S. The fraction of sp³-hybridized carbons (Fsp3) is 0.414. The van der Waals surface area contributed by atoms with E-state index in [9.17, 15) is 31.2 Å². The van der Waals surface area contributed by atoms with Crippen LogP contribution in [0, 0.1) is 18.8 Å². The Morgan fingerprint density at radius 3 is 2.49 bits per heavy atom. The molecule has 1 fully saturated rings. The van der Waals surface area contributed by atoms with Gasteiger partial charge in [0.1, 0.15) is 5.82 Å². The summed E-state index contributed by atoms with van der Waals surface area (Å²) in [6, 6.07) is 8.24. The number of hydrogen-bond acceptors (Lipinski definition) is 8. The van der Waals surface area contributed by atoms with Crippen molar-refractivity contribution in [2.75, 3.05) is 11.9 Å². The van der Waals surface area contributed by atoms with E-state index in [1.807, 2.05) is 18.2 Å². The van der Waals surface area contributed by atoms with E-state index in [-0.39, 0.29) is 46.0 Å². The Morgan fingerprint density at radius 2 is 1.79 bits per heavy atom. The van der Waals surface area contributed by atoms with E-state index in [1.54, 1.807) is 30.3 Å². The molecular weight excluding hydrogens is 585 g/mol. The molecule has 3 aromatic heterocycles. The number of rotatable bonds is 9. The van der Waals surface area contributed by atoms with Gasteiger partial charge in [-0.3, -0.25) is 14.0 Å². The average molecular weight is 615 g/mol. The minimum atomic E-state index is -4.37. The SMILES string of the molecule is CC[C@@H]1C[C@H](Cc2c(NCCC(F)(F)F)c(=O)c2=O)CC1c1nnc2cnc3c(ccn3S(=O)(=O)c3ccc(C)cc3)n12. The van der Waals surface area contributed by atoms with Gasteiger partial charge < -0.3 is 5.32 Å². The van der Waals surface area contributed by atoms with Crippen molar-refractivity contribution in [3.8, 4) is 0 Å². The minimum Gasteiger partial charge on any atom is -0.381 e. The number of hydrogen-bond donors (Lipinski definition) is 1. The molecule has 1 N–H and O–H groups in total. The molecule has 6 rings (SSSR count). The summed E-state index contributed by atoms with van der Waals surface area (Å²) >= 11 is 0. The van der Waals surface area contributed by atoms with Crippen LogP contribution in [0.4, 0.5) is 18.9 Å². The fourth-order valence-electron chi connectivity index (χ4n) is 6.32. The number of benzene rings is 1. The van der Waals surface area contributed by atoms with Gasteiger partial charge in [-0.2, -0.15) is 13.2 Å². The van der Waals surface area contributed by atoms with Gasteiger partial charge in [-0.15, -0.1) is 10.2 Å². The van der Waals surface area contributed by atoms with Crippen LogP contribution in [0.2, 0.25) is 0 Å². The van der Waals surface area contributed by atoms with Crippen LogP contribution in [0.5, 0.6) is 0 Å². The first-order valence-electron chi connectivity index (χ1n) is 14.0. The lowest BCUT2D eigenvalue weighted by Gasteiger charge is -2.17. The molecule has 2 aromatic carbocycles. The van der Waals surface area contributed by atoms with Crippen molar-refractivity contribution in [1.29, 1.82) is 0 Å². The van der Waals surface area contributed by atoms with E-state index in [1.165, 1.54) is 12.4 Å². The average Bonchev–Trinajstić information content (AvgIpc) is 3.69. The first-order valence-corrected chi connectivity index (χ1v) is 15.5. The lowest BCUT2D eigenvalue weighted by Crippen LogP contribution is -2.39. The third-order valence-electron chi connectivity index (χ3n) is 8.50.